The van der Waals surface area contributed by atoms with Crippen molar-refractivity contribution < 1.29 is 8.42 Å². The van der Waals surface area contributed by atoms with Gasteiger partial charge in [-0.1, -0.05) is 67.1 Å². The first-order valence-corrected chi connectivity index (χ1v) is 10.8. The summed E-state index contributed by atoms with van der Waals surface area (Å²) < 4.78 is 26.0. The van der Waals surface area contributed by atoms with Gasteiger partial charge in [-0.2, -0.15) is 13.5 Å². The quantitative estimate of drug-likeness (QED) is 0.642. The number of sulfonamides is 1. The van der Waals surface area contributed by atoms with Crippen LogP contribution in [-0.4, -0.2) is 14.1 Å². The molecule has 1 aliphatic carbocycles. The van der Waals surface area contributed by atoms with Crippen LogP contribution in [0, 0.1) is 0 Å². The van der Waals surface area contributed by atoms with Crippen LogP contribution in [0.5, 0.6) is 0 Å². The number of hydrogen-bond donors (Lipinski definition) is 1. The Hall–Kier alpha value is -2.66. The molecule has 3 aromatic rings. The van der Waals surface area contributed by atoms with Gasteiger partial charge in [-0.05, 0) is 48.1 Å². The predicted molar refractivity (Wildman–Crippen MR) is 110 cm³/mol. The van der Waals surface area contributed by atoms with Gasteiger partial charge >= 0.3 is 0 Å². The maximum absolute atomic E-state index is 13.0. The average molecular weight is 378 g/mol. The van der Waals surface area contributed by atoms with Gasteiger partial charge in [0.1, 0.15) is 0 Å². The Morgan fingerprint density at radius 3 is 2.26 bits per heavy atom. The third kappa shape index (κ3) is 3.74. The number of benzene rings is 3. The van der Waals surface area contributed by atoms with Gasteiger partial charge in [0.25, 0.3) is 10.0 Å². The number of hydrogen-bond acceptors (Lipinski definition) is 3. The monoisotopic (exact) mass is 378 g/mol. The topological polar surface area (TPSA) is 58.5 Å². The second-order valence-corrected chi connectivity index (χ2v) is 8.49. The summed E-state index contributed by atoms with van der Waals surface area (Å²) >= 11 is 0. The van der Waals surface area contributed by atoms with E-state index in [1.165, 1.54) is 6.42 Å². The molecule has 0 amide bonds. The first kappa shape index (κ1) is 17.7. The molecule has 0 radical (unpaired) electrons. The van der Waals surface area contributed by atoms with Crippen LogP contribution in [0.2, 0.25) is 0 Å². The van der Waals surface area contributed by atoms with E-state index in [4.69, 9.17) is 0 Å². The minimum absolute atomic E-state index is 0.251. The van der Waals surface area contributed by atoms with E-state index in [0.717, 1.165) is 47.7 Å². The smallest absolute Gasteiger partial charge is 0.200 e. The minimum atomic E-state index is -3.74. The fraction of sp³-hybridized carbons (Fsp3) is 0.227. The van der Waals surface area contributed by atoms with Gasteiger partial charge in [0, 0.05) is 11.3 Å². The largest absolute Gasteiger partial charge is 0.277 e. The highest BCUT2D eigenvalue weighted by Gasteiger charge is 2.20. The van der Waals surface area contributed by atoms with Crippen molar-refractivity contribution in [3.05, 3.63) is 66.7 Å². The molecule has 1 aliphatic rings. The van der Waals surface area contributed by atoms with Crippen molar-refractivity contribution >= 4 is 26.5 Å². The van der Waals surface area contributed by atoms with Crippen molar-refractivity contribution in [2.45, 2.75) is 37.0 Å². The summed E-state index contributed by atoms with van der Waals surface area (Å²) in [6.07, 6.45) is 5.08. The lowest BCUT2D eigenvalue weighted by Gasteiger charge is -2.15. The van der Waals surface area contributed by atoms with Crippen molar-refractivity contribution in [1.29, 1.82) is 0 Å². The molecule has 27 heavy (non-hydrogen) atoms. The Morgan fingerprint density at radius 1 is 0.741 bits per heavy atom. The van der Waals surface area contributed by atoms with Crippen LogP contribution in [0.1, 0.15) is 32.1 Å². The molecule has 0 bridgehead atoms. The van der Waals surface area contributed by atoms with Crippen LogP contribution in [0.4, 0.5) is 0 Å². The molecule has 138 valence electrons. The summed E-state index contributed by atoms with van der Waals surface area (Å²) in [5.41, 5.74) is 2.53. The van der Waals surface area contributed by atoms with E-state index >= 15 is 0 Å². The molecular formula is C22H22N2O2S. The van der Waals surface area contributed by atoms with Gasteiger partial charge in [-0.25, -0.2) is 4.83 Å². The first-order chi connectivity index (χ1) is 13.1. The van der Waals surface area contributed by atoms with Gasteiger partial charge < -0.3 is 0 Å². The van der Waals surface area contributed by atoms with E-state index in [-0.39, 0.29) is 4.90 Å². The molecule has 1 N–H and O–H groups in total. The Bertz CT molecular complexity index is 1090. The standard InChI is InChI=1S/C22H22N2O2S/c25-27(26,24-23-18-11-2-1-3-12-18)22-16-7-6-14-21(22)20-15-8-10-17-9-4-5-13-19(17)20/h4-10,13-16,24H,1-3,11-12H2. The number of fused-ring (bicyclic) bond motifs is 1. The number of hydrazone groups is 1. The molecule has 3 aromatic carbocycles. The fourth-order valence-corrected chi connectivity index (χ4v) is 4.70. The molecule has 0 heterocycles. The summed E-state index contributed by atoms with van der Waals surface area (Å²) in [5.74, 6) is 0. The van der Waals surface area contributed by atoms with Crippen LogP contribution in [-0.2, 0) is 10.0 Å². The summed E-state index contributed by atoms with van der Waals surface area (Å²) in [6.45, 7) is 0. The number of nitrogens with one attached hydrogen (secondary N) is 1. The maximum atomic E-state index is 13.0. The van der Waals surface area contributed by atoms with Crippen LogP contribution in [0.3, 0.4) is 0 Å². The zero-order chi connectivity index (χ0) is 18.7. The molecule has 0 atom stereocenters. The highest BCUT2D eigenvalue weighted by Crippen LogP contribution is 2.33. The van der Waals surface area contributed by atoms with E-state index in [9.17, 15) is 8.42 Å². The highest BCUT2D eigenvalue weighted by atomic mass is 32.2. The van der Waals surface area contributed by atoms with Gasteiger partial charge in [0.15, 0.2) is 0 Å². The number of nitrogens with zero attached hydrogens (tertiary/aromatic N) is 1. The molecule has 0 aliphatic heterocycles. The molecule has 1 saturated carbocycles. The second-order valence-electron chi connectivity index (χ2n) is 6.86. The van der Waals surface area contributed by atoms with E-state index < -0.39 is 10.0 Å². The maximum Gasteiger partial charge on any atom is 0.277 e. The molecule has 0 spiro atoms. The Morgan fingerprint density at radius 2 is 1.41 bits per heavy atom. The normalized spacial score (nSPS) is 14.9. The first-order valence-electron chi connectivity index (χ1n) is 9.29. The van der Waals surface area contributed by atoms with E-state index in [1.54, 1.807) is 12.1 Å². The summed E-state index contributed by atoms with van der Waals surface area (Å²) in [7, 11) is -3.74. The third-order valence-corrected chi connectivity index (χ3v) is 6.28. The molecule has 4 rings (SSSR count). The van der Waals surface area contributed by atoms with Crippen molar-refractivity contribution in [2.24, 2.45) is 5.10 Å². The van der Waals surface area contributed by atoms with Gasteiger partial charge in [0.2, 0.25) is 0 Å². The summed E-state index contributed by atoms with van der Waals surface area (Å²) in [6, 6.07) is 21.0. The SMILES string of the molecule is O=S(=O)(NN=C1CCCCC1)c1ccccc1-c1cccc2ccccc12. The molecule has 5 heteroatoms. The predicted octanol–water partition coefficient (Wildman–Crippen LogP) is 5.11. The Labute approximate surface area is 160 Å². The van der Waals surface area contributed by atoms with Crippen molar-refractivity contribution in [2.75, 3.05) is 0 Å². The van der Waals surface area contributed by atoms with E-state index in [1.807, 2.05) is 54.6 Å². The minimum Gasteiger partial charge on any atom is -0.200 e. The second kappa shape index (κ2) is 7.53. The van der Waals surface area contributed by atoms with E-state index in [2.05, 4.69) is 9.93 Å². The van der Waals surface area contributed by atoms with E-state index in [0.29, 0.717) is 5.56 Å². The third-order valence-electron chi connectivity index (χ3n) is 5.01. The van der Waals surface area contributed by atoms with Gasteiger partial charge in [-0.15, -0.1) is 0 Å². The lowest BCUT2D eigenvalue weighted by atomic mass is 9.98. The van der Waals surface area contributed by atoms with Crippen molar-refractivity contribution in [3.8, 4) is 11.1 Å². The van der Waals surface area contributed by atoms with Crippen LogP contribution in [0.25, 0.3) is 21.9 Å². The van der Waals surface area contributed by atoms with Crippen LogP contribution in [0.15, 0.2) is 76.7 Å². The molecule has 4 nitrogen and oxygen atoms in total. The molecule has 0 unspecified atom stereocenters. The molecular weight excluding hydrogens is 356 g/mol. The van der Waals surface area contributed by atoms with Gasteiger partial charge in [-0.3, -0.25) is 0 Å². The lowest BCUT2D eigenvalue weighted by molar-refractivity contribution is 0.583. The summed E-state index contributed by atoms with van der Waals surface area (Å²) in [4.78, 5) is 2.71. The lowest BCUT2D eigenvalue weighted by Crippen LogP contribution is -2.21. The highest BCUT2D eigenvalue weighted by molar-refractivity contribution is 7.89. The van der Waals surface area contributed by atoms with Crippen molar-refractivity contribution in [1.82, 2.24) is 4.83 Å². The zero-order valence-corrected chi connectivity index (χ0v) is 15.9. The molecule has 0 aromatic heterocycles. The summed E-state index contributed by atoms with van der Waals surface area (Å²) in [5, 5.41) is 6.32. The fourth-order valence-electron chi connectivity index (χ4n) is 3.63. The zero-order valence-electron chi connectivity index (χ0n) is 15.1. The van der Waals surface area contributed by atoms with Gasteiger partial charge in [0.05, 0.1) is 4.90 Å². The number of rotatable bonds is 4. The molecule has 0 saturated heterocycles. The Kier molecular flexibility index (Phi) is 4.94. The molecule has 1 fully saturated rings. The Balaban J connectivity index is 1.76. The van der Waals surface area contributed by atoms with Crippen LogP contribution < -0.4 is 4.83 Å². The van der Waals surface area contributed by atoms with Crippen LogP contribution >= 0.6 is 0 Å². The average Bonchev–Trinajstić information content (AvgIpc) is 2.73. The van der Waals surface area contributed by atoms with Crippen molar-refractivity contribution in [3.63, 3.8) is 0 Å².